The van der Waals surface area contributed by atoms with E-state index in [0.717, 1.165) is 51.1 Å². The van der Waals surface area contributed by atoms with Gasteiger partial charge in [0.05, 0.1) is 16.4 Å². The third kappa shape index (κ3) is 45.8. The maximum Gasteiger partial charge on any atom is 0.113 e. The topological polar surface area (TPSA) is 129 Å². The fourth-order valence-corrected chi connectivity index (χ4v) is 13.4. The molecule has 11 heteroatoms. The Hall–Kier alpha value is -11.8. The summed E-state index contributed by atoms with van der Waals surface area (Å²) < 4.78 is 0. The maximum atomic E-state index is 4.73. The molecule has 3 saturated carbocycles. The van der Waals surface area contributed by atoms with Gasteiger partial charge in [0.2, 0.25) is 0 Å². The van der Waals surface area contributed by atoms with Crippen LogP contribution in [0.5, 0.6) is 0 Å². The summed E-state index contributed by atoms with van der Waals surface area (Å²) in [4.78, 5) is 42.8. The number of benzene rings is 2. The average molecular weight is 1880 g/mol. The Balaban J connectivity index is 0.000000239. The van der Waals surface area contributed by atoms with Gasteiger partial charge in [-0.05, 0) is 336 Å². The van der Waals surface area contributed by atoms with Crippen LogP contribution >= 0.6 is 11.3 Å². The molecule has 0 aliphatic heterocycles. The first-order valence-electron chi connectivity index (χ1n) is 50.5. The van der Waals surface area contributed by atoms with Crippen molar-refractivity contribution in [3.05, 3.63) is 332 Å². The summed E-state index contributed by atoms with van der Waals surface area (Å²) in [7, 11) is 0. The van der Waals surface area contributed by atoms with E-state index >= 15 is 0 Å². The summed E-state index contributed by atoms with van der Waals surface area (Å²) in [5.41, 5.74) is 24.7. The molecule has 0 saturated heterocycles. The van der Waals surface area contributed by atoms with Crippen LogP contribution in [0.4, 0.5) is 0 Å². The van der Waals surface area contributed by atoms with Crippen LogP contribution < -0.4 is 0 Å². The normalized spacial score (nSPS) is 13.1. The number of hydrogen-bond donors (Lipinski definition) is 0. The van der Waals surface area contributed by atoms with Crippen molar-refractivity contribution in [1.82, 2.24) is 49.8 Å². The molecule has 0 atom stereocenters. The molecule has 3 aliphatic rings. The molecule has 0 amide bonds. The molecular weight excluding hydrogens is 1710 g/mol. The highest BCUT2D eigenvalue weighted by Crippen LogP contribution is 2.46. The van der Waals surface area contributed by atoms with Gasteiger partial charge < -0.3 is 0 Å². The second kappa shape index (κ2) is 55.3. The first-order valence-corrected chi connectivity index (χ1v) is 51.4. The number of thiazole rings is 1. The maximum absolute atomic E-state index is 4.73. The van der Waals surface area contributed by atoms with E-state index in [-0.39, 0.29) is 32.5 Å². The zero-order valence-corrected chi connectivity index (χ0v) is 92.2. The SMILES string of the molecule is CC(C)c1cccc(-c2ccc(C(C)(C)C)cc2)n1.CC(C)c1ccccn1.CC(C)c1cccnc1.CC(C)c1ccnc(C#CC(C)(C)C)c1.CC(C)c1ccnc(C#CC(C)(C)C)c1.CC(C)c1ccnc(C#CC2(C)CC2)c1.CC(C)c1ccnc(C#CC2(C)CC2)c1.CC(C)c1ccncc1.CC(C)c1cncc(C#CC2(C)CC2)c1.CC(C)c1nc(-c2ccc(C(C)(C)C)cc2)cs1. The molecule has 139 heavy (non-hydrogen) atoms. The van der Waals surface area contributed by atoms with Crippen molar-refractivity contribution < 1.29 is 0 Å². The van der Waals surface area contributed by atoms with Gasteiger partial charge in [-0.2, -0.15) is 0 Å². The van der Waals surface area contributed by atoms with Crippen LogP contribution in [0.3, 0.4) is 0 Å². The lowest BCUT2D eigenvalue weighted by atomic mass is 9.86. The minimum Gasteiger partial charge on any atom is -0.265 e. The molecule has 12 aromatic rings. The Bertz CT molecular complexity index is 5460. The second-order valence-electron chi connectivity index (χ2n) is 44.9. The summed E-state index contributed by atoms with van der Waals surface area (Å²) in [5.74, 6) is 37.6. The largest absolute Gasteiger partial charge is 0.265 e. The van der Waals surface area contributed by atoms with Gasteiger partial charge in [0.25, 0.3) is 0 Å². The Morgan fingerprint density at radius 1 is 0.281 bits per heavy atom. The first kappa shape index (κ1) is 116. The number of nitrogens with zero attached hydrogens (tertiary/aromatic N) is 10. The van der Waals surface area contributed by atoms with E-state index in [1.807, 2.05) is 110 Å². The highest BCUT2D eigenvalue weighted by atomic mass is 32.1. The van der Waals surface area contributed by atoms with E-state index in [0.29, 0.717) is 64.6 Å². The molecule has 10 aromatic heterocycles. The van der Waals surface area contributed by atoms with Crippen LogP contribution in [0.2, 0.25) is 0 Å². The Morgan fingerprint density at radius 3 is 0.971 bits per heavy atom. The lowest BCUT2D eigenvalue weighted by Gasteiger charge is -2.19. The molecule has 3 fully saturated rings. The van der Waals surface area contributed by atoms with Crippen molar-refractivity contribution in [1.29, 1.82) is 0 Å². The van der Waals surface area contributed by atoms with Crippen molar-refractivity contribution in [3.8, 4) is 81.7 Å². The van der Waals surface area contributed by atoms with E-state index in [4.69, 9.17) is 9.97 Å². The van der Waals surface area contributed by atoms with Gasteiger partial charge in [-0.1, -0.05) is 282 Å². The van der Waals surface area contributed by atoms with Crippen LogP contribution in [-0.4, -0.2) is 49.8 Å². The minimum absolute atomic E-state index is 0.0372. The van der Waals surface area contributed by atoms with Crippen molar-refractivity contribution in [3.63, 3.8) is 0 Å². The van der Waals surface area contributed by atoms with Gasteiger partial charge in [0, 0.05) is 135 Å². The Kier molecular flexibility index (Phi) is 46.1. The monoisotopic (exact) mass is 1880 g/mol. The second-order valence-corrected chi connectivity index (χ2v) is 45.8. The van der Waals surface area contributed by atoms with E-state index < -0.39 is 0 Å². The van der Waals surface area contributed by atoms with Crippen LogP contribution in [0.15, 0.2) is 237 Å². The fraction of sp³-hybridized carbons (Fsp3) is 0.453. The van der Waals surface area contributed by atoms with Gasteiger partial charge in [-0.25, -0.2) is 24.9 Å². The third-order valence-electron chi connectivity index (χ3n) is 23.3. The lowest BCUT2D eigenvalue weighted by molar-refractivity contribution is 0.570. The molecule has 15 rings (SSSR count). The number of hydrogen-bond acceptors (Lipinski definition) is 11. The summed E-state index contributed by atoms with van der Waals surface area (Å²) >= 11 is 1.75. The molecule has 0 radical (unpaired) electrons. The Morgan fingerprint density at radius 2 is 0.655 bits per heavy atom. The van der Waals surface area contributed by atoms with E-state index in [1.165, 1.54) is 105 Å². The van der Waals surface area contributed by atoms with Crippen LogP contribution in [0, 0.1) is 86.3 Å². The molecule has 734 valence electrons. The molecule has 10 heterocycles. The zero-order valence-electron chi connectivity index (χ0n) is 91.4. The van der Waals surface area contributed by atoms with Gasteiger partial charge >= 0.3 is 0 Å². The third-order valence-corrected chi connectivity index (χ3v) is 24.5. The van der Waals surface area contributed by atoms with Crippen LogP contribution in [0.25, 0.3) is 22.5 Å². The quantitative estimate of drug-likeness (QED) is 0.109. The van der Waals surface area contributed by atoms with Crippen LogP contribution in [-0.2, 0) is 10.8 Å². The highest BCUT2D eigenvalue weighted by molar-refractivity contribution is 7.10. The van der Waals surface area contributed by atoms with Gasteiger partial charge in [-0.15, -0.1) is 11.3 Å². The fourth-order valence-electron chi connectivity index (χ4n) is 12.5. The molecule has 0 spiro atoms. The molecule has 2 aromatic carbocycles. The molecule has 0 bridgehead atoms. The summed E-state index contributed by atoms with van der Waals surface area (Å²) in [6.07, 6.45) is 27.8. The van der Waals surface area contributed by atoms with Gasteiger partial charge in [-0.3, -0.25) is 24.9 Å². The number of rotatable bonds is 12. The van der Waals surface area contributed by atoms with Gasteiger partial charge in [0.15, 0.2) is 0 Å². The minimum atomic E-state index is 0.0372. The van der Waals surface area contributed by atoms with Crippen LogP contribution in [0.1, 0.15) is 435 Å². The van der Waals surface area contributed by atoms with E-state index in [1.54, 1.807) is 17.5 Å². The van der Waals surface area contributed by atoms with Crippen molar-refractivity contribution in [2.75, 3.05) is 0 Å². The molecule has 0 unspecified atom stereocenters. The van der Waals surface area contributed by atoms with Gasteiger partial charge in [0.1, 0.15) is 22.8 Å². The standard InChI is InChI=1S/C18H23N.C16H21NS.3C14H17N.2C14H19N.3C8H11N/c1-13(2)16-7-6-8-17(19-16)14-9-11-15(12-10-14)18(3,4)5;1-11(2)15-17-14(10-18-15)12-6-8-13(9-7-12)16(3,4)5;2*1-11(2)12-5-9-15-13(10-12)4-6-14(3)7-8-14;1-11(2)13-8-12(9-15-10-13)4-5-14(3)6-7-14;2*1-11(2)12-7-9-15-13(10-12)6-8-14(3,4)5;1-7(2)8-3-5-9-6-4-8;1-7(2)8-4-3-5-9-6-8;1-7(2)8-5-3-4-6-9-8/h6-13H,1-5H3;6-11H,1-5H3;2*5,9-11H,7-8H2,1-3H3;8-11H,6-7H2,1-3H3;2*7,9-11H,1-5H3;3*3-7H,1-2H3. The highest BCUT2D eigenvalue weighted by Gasteiger charge is 2.36. The van der Waals surface area contributed by atoms with E-state index in [9.17, 15) is 0 Å². The lowest BCUT2D eigenvalue weighted by Crippen LogP contribution is -2.10. The first-order chi connectivity index (χ1) is 65.2. The van der Waals surface area contributed by atoms with E-state index in [2.05, 4.69) is 462 Å². The number of pyridine rings is 9. The predicted octanol–water partition coefficient (Wildman–Crippen LogP) is 34.3. The van der Waals surface area contributed by atoms with Crippen molar-refractivity contribution in [2.45, 2.75) is 351 Å². The molecule has 10 nitrogen and oxygen atoms in total. The molecule has 0 N–H and O–H groups in total. The average Bonchev–Trinajstić information content (AvgIpc) is 1.76. The molecule has 3 aliphatic carbocycles. The summed E-state index contributed by atoms with van der Waals surface area (Å²) in [5, 5.41) is 3.37. The molecular formula is C128H166N10S. The van der Waals surface area contributed by atoms with Crippen molar-refractivity contribution in [2.24, 2.45) is 27.1 Å². The predicted molar refractivity (Wildman–Crippen MR) is 595 cm³/mol. The zero-order chi connectivity index (χ0) is 103. The van der Waals surface area contributed by atoms with Crippen molar-refractivity contribution >= 4 is 11.3 Å². The smallest absolute Gasteiger partial charge is 0.113 e. The number of aromatic nitrogens is 10. The summed E-state index contributed by atoms with van der Waals surface area (Å²) in [6.45, 7) is 76.2. The Labute approximate surface area is 847 Å². The summed E-state index contributed by atoms with van der Waals surface area (Å²) in [6, 6.07) is 56.7.